The van der Waals surface area contributed by atoms with Crippen LogP contribution < -0.4 is 15.4 Å². The predicted molar refractivity (Wildman–Crippen MR) is 95.5 cm³/mol. The fourth-order valence-corrected chi connectivity index (χ4v) is 2.89. The van der Waals surface area contributed by atoms with E-state index in [9.17, 15) is 20.0 Å². The van der Waals surface area contributed by atoms with Gasteiger partial charge in [-0.15, -0.1) is 0 Å². The number of ether oxygens (including phenoxy) is 1. The molecular formula is C16H14BrN3O5. The van der Waals surface area contributed by atoms with Crippen LogP contribution >= 0.6 is 15.9 Å². The molecule has 0 atom stereocenters. The number of anilines is 2. The van der Waals surface area contributed by atoms with E-state index >= 15 is 0 Å². The van der Waals surface area contributed by atoms with Gasteiger partial charge in [0.2, 0.25) is 0 Å². The third-order valence-electron chi connectivity index (χ3n) is 3.63. The number of benzene rings is 2. The van der Waals surface area contributed by atoms with Crippen molar-refractivity contribution in [2.45, 2.75) is 6.42 Å². The molecule has 1 heterocycles. The molecular weight excluding hydrogens is 394 g/mol. The average Bonchev–Trinajstić information content (AvgIpc) is 2.80. The van der Waals surface area contributed by atoms with Gasteiger partial charge in [-0.25, -0.2) is 0 Å². The maximum atomic E-state index is 12.5. The van der Waals surface area contributed by atoms with Crippen LogP contribution in [0.1, 0.15) is 16.8 Å². The summed E-state index contributed by atoms with van der Waals surface area (Å²) in [5, 5.41) is 26.3. The molecule has 2 aromatic rings. The summed E-state index contributed by atoms with van der Waals surface area (Å²) in [6.07, 6.45) is 0.823. The van der Waals surface area contributed by atoms with Crippen LogP contribution in [0.3, 0.4) is 0 Å². The van der Waals surface area contributed by atoms with Crippen molar-refractivity contribution in [1.29, 1.82) is 0 Å². The normalized spacial score (nSPS) is 13.0. The molecule has 0 bridgehead atoms. The number of carbonyl (C=O) groups excluding carboxylic acids is 1. The van der Waals surface area contributed by atoms with Gasteiger partial charge >= 0.3 is 5.69 Å². The highest BCUT2D eigenvalue weighted by Crippen LogP contribution is 2.38. The molecule has 0 radical (unpaired) electrons. The van der Waals surface area contributed by atoms with Crippen LogP contribution in [0, 0.1) is 10.1 Å². The Bertz CT molecular complexity index is 856. The zero-order valence-corrected chi connectivity index (χ0v) is 14.5. The van der Waals surface area contributed by atoms with Crippen LogP contribution in [0.5, 0.6) is 11.5 Å². The summed E-state index contributed by atoms with van der Waals surface area (Å²) < 4.78 is 6.38. The van der Waals surface area contributed by atoms with Crippen molar-refractivity contribution in [3.63, 3.8) is 0 Å². The molecule has 3 rings (SSSR count). The lowest BCUT2D eigenvalue weighted by Gasteiger charge is -2.15. The Labute approximate surface area is 151 Å². The Hall–Kier alpha value is -2.81. The molecule has 25 heavy (non-hydrogen) atoms. The van der Waals surface area contributed by atoms with Crippen LogP contribution in [0.4, 0.5) is 17.1 Å². The Morgan fingerprint density at radius 3 is 2.92 bits per heavy atom. The number of aromatic hydroxyl groups is 1. The van der Waals surface area contributed by atoms with Crippen molar-refractivity contribution >= 4 is 38.9 Å². The van der Waals surface area contributed by atoms with Crippen LogP contribution in [0.2, 0.25) is 0 Å². The smallest absolute Gasteiger partial charge is 0.311 e. The van der Waals surface area contributed by atoms with E-state index < -0.39 is 22.3 Å². The van der Waals surface area contributed by atoms with Crippen LogP contribution in [-0.2, 0) is 0 Å². The quantitative estimate of drug-likeness (QED) is 0.529. The minimum absolute atomic E-state index is 0.0627. The number of hydrogen-bond donors (Lipinski definition) is 3. The van der Waals surface area contributed by atoms with Crippen molar-refractivity contribution < 1.29 is 19.6 Å². The summed E-state index contributed by atoms with van der Waals surface area (Å²) >= 11 is 3.37. The Kier molecular flexibility index (Phi) is 4.75. The van der Waals surface area contributed by atoms with E-state index in [0.29, 0.717) is 30.3 Å². The summed E-state index contributed by atoms with van der Waals surface area (Å²) in [5.41, 5.74) is 0.685. The number of rotatable bonds is 3. The average molecular weight is 408 g/mol. The standard InChI is InChI=1S/C16H14BrN3O5/c17-10-7-11(15-14(8-10)25-5-1-4-18-15)19-16(22)9-2-3-13(21)12(6-9)20(23)24/h2-3,6-8,18,21H,1,4-5H2,(H,19,22). The van der Waals surface area contributed by atoms with Crippen molar-refractivity contribution in [1.82, 2.24) is 0 Å². The van der Waals surface area contributed by atoms with Gasteiger partial charge in [0, 0.05) is 22.6 Å². The van der Waals surface area contributed by atoms with Crippen molar-refractivity contribution in [3.05, 3.63) is 50.5 Å². The molecule has 1 amide bonds. The highest BCUT2D eigenvalue weighted by molar-refractivity contribution is 9.10. The van der Waals surface area contributed by atoms with Gasteiger partial charge in [-0.2, -0.15) is 0 Å². The second-order valence-electron chi connectivity index (χ2n) is 5.37. The summed E-state index contributed by atoms with van der Waals surface area (Å²) in [5.74, 6) is -0.416. The van der Waals surface area contributed by atoms with E-state index in [1.807, 2.05) is 0 Å². The number of halogens is 1. The number of nitrogens with zero attached hydrogens (tertiary/aromatic N) is 1. The highest BCUT2D eigenvalue weighted by Gasteiger charge is 2.20. The first-order valence-electron chi connectivity index (χ1n) is 7.44. The minimum Gasteiger partial charge on any atom is -0.502 e. The van der Waals surface area contributed by atoms with Crippen molar-refractivity contribution in [2.75, 3.05) is 23.8 Å². The topological polar surface area (TPSA) is 114 Å². The van der Waals surface area contributed by atoms with E-state index in [-0.39, 0.29) is 5.56 Å². The molecule has 2 aromatic carbocycles. The van der Waals surface area contributed by atoms with Crippen molar-refractivity contribution in [3.8, 4) is 11.5 Å². The number of phenolic OH excluding ortho intramolecular Hbond substituents is 1. The molecule has 130 valence electrons. The fraction of sp³-hybridized carbons (Fsp3) is 0.188. The number of nitro benzene ring substituents is 1. The Morgan fingerprint density at radius 1 is 1.36 bits per heavy atom. The van der Waals surface area contributed by atoms with Gasteiger partial charge in [0.25, 0.3) is 5.91 Å². The van der Waals surface area contributed by atoms with Crippen molar-refractivity contribution in [2.24, 2.45) is 0 Å². The van der Waals surface area contributed by atoms with Gasteiger partial charge in [0.15, 0.2) is 5.75 Å². The maximum Gasteiger partial charge on any atom is 0.311 e. The molecule has 1 aliphatic rings. The van der Waals surface area contributed by atoms with E-state index in [1.165, 1.54) is 6.07 Å². The lowest BCUT2D eigenvalue weighted by atomic mass is 10.1. The predicted octanol–water partition coefficient (Wildman–Crippen LogP) is 3.51. The molecule has 8 nitrogen and oxygen atoms in total. The van der Waals surface area contributed by atoms with Crippen LogP contribution in [0.25, 0.3) is 0 Å². The lowest BCUT2D eigenvalue weighted by Crippen LogP contribution is -2.14. The molecule has 1 aliphatic heterocycles. The summed E-state index contributed by atoms with van der Waals surface area (Å²) in [6.45, 7) is 1.26. The summed E-state index contributed by atoms with van der Waals surface area (Å²) in [7, 11) is 0. The molecule has 0 aliphatic carbocycles. The van der Waals surface area contributed by atoms with Gasteiger partial charge in [-0.3, -0.25) is 14.9 Å². The van der Waals surface area contributed by atoms with E-state index in [4.69, 9.17) is 4.74 Å². The molecule has 0 spiro atoms. The number of nitro groups is 1. The molecule has 9 heteroatoms. The zero-order chi connectivity index (χ0) is 18.0. The molecule has 0 aromatic heterocycles. The molecule has 0 unspecified atom stereocenters. The third-order valence-corrected chi connectivity index (χ3v) is 4.09. The summed E-state index contributed by atoms with van der Waals surface area (Å²) in [4.78, 5) is 22.7. The highest BCUT2D eigenvalue weighted by atomic mass is 79.9. The Balaban J connectivity index is 1.92. The van der Waals surface area contributed by atoms with E-state index in [0.717, 1.165) is 23.0 Å². The number of nitrogens with one attached hydrogen (secondary N) is 2. The number of fused-ring (bicyclic) bond motifs is 1. The number of phenols is 1. The number of amides is 1. The monoisotopic (exact) mass is 407 g/mol. The Morgan fingerprint density at radius 2 is 2.16 bits per heavy atom. The SMILES string of the molecule is O=C(Nc1cc(Br)cc2c1NCCCO2)c1ccc(O)c([N+](=O)[O-])c1. The third kappa shape index (κ3) is 3.66. The van der Waals surface area contributed by atoms with Gasteiger partial charge in [-0.05, 0) is 30.7 Å². The lowest BCUT2D eigenvalue weighted by molar-refractivity contribution is -0.385. The largest absolute Gasteiger partial charge is 0.502 e. The minimum atomic E-state index is -0.743. The first-order chi connectivity index (χ1) is 12.0. The molecule has 0 saturated heterocycles. The number of hydrogen-bond acceptors (Lipinski definition) is 6. The molecule has 3 N–H and O–H groups in total. The summed E-state index contributed by atoms with van der Waals surface area (Å²) in [6, 6.07) is 6.99. The fourth-order valence-electron chi connectivity index (χ4n) is 2.45. The number of carbonyl (C=O) groups is 1. The van der Waals surface area contributed by atoms with Gasteiger partial charge < -0.3 is 20.5 Å². The molecule has 0 fully saturated rings. The van der Waals surface area contributed by atoms with Gasteiger partial charge in [-0.1, -0.05) is 15.9 Å². The van der Waals surface area contributed by atoms with Gasteiger partial charge in [0.1, 0.15) is 11.4 Å². The van der Waals surface area contributed by atoms with E-state index in [1.54, 1.807) is 12.1 Å². The van der Waals surface area contributed by atoms with Crippen LogP contribution in [0.15, 0.2) is 34.8 Å². The zero-order valence-electron chi connectivity index (χ0n) is 12.9. The van der Waals surface area contributed by atoms with E-state index in [2.05, 4.69) is 26.6 Å². The van der Waals surface area contributed by atoms with Crippen LogP contribution in [-0.4, -0.2) is 29.1 Å². The first kappa shape index (κ1) is 17.0. The molecule has 0 saturated carbocycles. The second-order valence-corrected chi connectivity index (χ2v) is 6.29. The first-order valence-corrected chi connectivity index (χ1v) is 8.24. The van der Waals surface area contributed by atoms with Gasteiger partial charge in [0.05, 0.1) is 17.2 Å². The maximum absolute atomic E-state index is 12.5. The second kappa shape index (κ2) is 6.98.